The molecule has 1 heterocycles. The van der Waals surface area contributed by atoms with Crippen molar-refractivity contribution in [1.82, 2.24) is 9.97 Å². The van der Waals surface area contributed by atoms with E-state index in [9.17, 15) is 0 Å². The summed E-state index contributed by atoms with van der Waals surface area (Å²) in [5.41, 5.74) is 0. The van der Waals surface area contributed by atoms with E-state index in [4.69, 9.17) is 11.6 Å². The second-order valence-corrected chi connectivity index (χ2v) is 5.42. The zero-order chi connectivity index (χ0) is 10.6. The summed E-state index contributed by atoms with van der Waals surface area (Å²) in [6.07, 6.45) is 1.95. The van der Waals surface area contributed by atoms with Crippen molar-refractivity contribution in [2.75, 3.05) is 12.0 Å². The van der Waals surface area contributed by atoms with Gasteiger partial charge in [-0.05, 0) is 12.2 Å². The predicted molar refractivity (Wildman–Crippen MR) is 64.4 cm³/mol. The standard InChI is InChI=1S/C9H13ClN2S2/c1-6(2)5-14-8-4-7(10)11-9(12-8)13-3/h4,6H,5H2,1-3H3. The summed E-state index contributed by atoms with van der Waals surface area (Å²) in [6.45, 7) is 4.37. The normalized spacial score (nSPS) is 10.9. The fourth-order valence-electron chi connectivity index (χ4n) is 0.794. The van der Waals surface area contributed by atoms with Crippen molar-refractivity contribution in [2.24, 2.45) is 5.92 Å². The molecule has 2 nitrogen and oxygen atoms in total. The highest BCUT2D eigenvalue weighted by Crippen LogP contribution is 2.23. The van der Waals surface area contributed by atoms with Crippen molar-refractivity contribution in [3.63, 3.8) is 0 Å². The molecule has 14 heavy (non-hydrogen) atoms. The molecule has 78 valence electrons. The van der Waals surface area contributed by atoms with Crippen LogP contribution in [0.2, 0.25) is 5.15 Å². The van der Waals surface area contributed by atoms with Gasteiger partial charge in [-0.25, -0.2) is 9.97 Å². The van der Waals surface area contributed by atoms with E-state index in [1.807, 2.05) is 12.3 Å². The highest BCUT2D eigenvalue weighted by atomic mass is 35.5. The van der Waals surface area contributed by atoms with Crippen molar-refractivity contribution in [2.45, 2.75) is 24.0 Å². The molecule has 1 rings (SSSR count). The molecule has 0 unspecified atom stereocenters. The number of hydrogen-bond acceptors (Lipinski definition) is 4. The minimum absolute atomic E-state index is 0.524. The topological polar surface area (TPSA) is 25.8 Å². The summed E-state index contributed by atoms with van der Waals surface area (Å²) in [6, 6.07) is 1.81. The van der Waals surface area contributed by atoms with Gasteiger partial charge >= 0.3 is 0 Å². The molecule has 0 aliphatic rings. The molecular formula is C9H13ClN2S2. The van der Waals surface area contributed by atoms with Crippen LogP contribution in [0.15, 0.2) is 16.2 Å². The first-order valence-corrected chi connectivity index (χ1v) is 6.92. The van der Waals surface area contributed by atoms with Crippen LogP contribution in [-0.4, -0.2) is 22.0 Å². The Kier molecular flexibility index (Phi) is 5.06. The van der Waals surface area contributed by atoms with E-state index in [0.29, 0.717) is 11.1 Å². The maximum atomic E-state index is 5.87. The van der Waals surface area contributed by atoms with Crippen molar-refractivity contribution in [1.29, 1.82) is 0 Å². The Balaban J connectivity index is 2.71. The number of aromatic nitrogens is 2. The molecule has 0 saturated carbocycles. The SMILES string of the molecule is CSc1nc(Cl)cc(SCC(C)C)n1. The van der Waals surface area contributed by atoms with Crippen LogP contribution in [0, 0.1) is 5.92 Å². The maximum absolute atomic E-state index is 5.87. The second-order valence-electron chi connectivity index (χ2n) is 3.22. The molecule has 0 radical (unpaired) electrons. The molecule has 0 aliphatic carbocycles. The molecule has 0 aromatic carbocycles. The van der Waals surface area contributed by atoms with E-state index in [0.717, 1.165) is 15.9 Å². The van der Waals surface area contributed by atoms with Crippen molar-refractivity contribution in [3.8, 4) is 0 Å². The van der Waals surface area contributed by atoms with Crippen LogP contribution < -0.4 is 0 Å². The molecule has 0 saturated heterocycles. The van der Waals surface area contributed by atoms with Crippen molar-refractivity contribution >= 4 is 35.1 Å². The van der Waals surface area contributed by atoms with Gasteiger partial charge in [0.1, 0.15) is 10.2 Å². The van der Waals surface area contributed by atoms with E-state index in [1.165, 1.54) is 11.8 Å². The molecule has 0 N–H and O–H groups in total. The van der Waals surface area contributed by atoms with Gasteiger partial charge in [-0.3, -0.25) is 0 Å². The average molecular weight is 249 g/mol. The Morgan fingerprint density at radius 2 is 2.14 bits per heavy atom. The maximum Gasteiger partial charge on any atom is 0.189 e. The molecule has 0 bridgehead atoms. The van der Waals surface area contributed by atoms with E-state index in [2.05, 4.69) is 23.8 Å². The Hall–Kier alpha value is 0.0700. The smallest absolute Gasteiger partial charge is 0.189 e. The number of rotatable bonds is 4. The summed E-state index contributed by atoms with van der Waals surface area (Å²) in [5.74, 6) is 1.72. The third-order valence-corrected chi connectivity index (χ3v) is 3.48. The van der Waals surface area contributed by atoms with Gasteiger partial charge < -0.3 is 0 Å². The van der Waals surface area contributed by atoms with Crippen molar-refractivity contribution < 1.29 is 0 Å². The third-order valence-electron chi connectivity index (χ3n) is 1.40. The zero-order valence-electron chi connectivity index (χ0n) is 8.45. The third kappa shape index (κ3) is 4.07. The summed E-state index contributed by atoms with van der Waals surface area (Å²) in [5, 5.41) is 2.22. The molecule has 5 heteroatoms. The van der Waals surface area contributed by atoms with Crippen LogP contribution in [-0.2, 0) is 0 Å². The van der Waals surface area contributed by atoms with E-state index in [1.54, 1.807) is 11.8 Å². The molecular weight excluding hydrogens is 236 g/mol. The summed E-state index contributed by atoms with van der Waals surface area (Å²) in [7, 11) is 0. The van der Waals surface area contributed by atoms with Gasteiger partial charge in [0.25, 0.3) is 0 Å². The Morgan fingerprint density at radius 3 is 2.71 bits per heavy atom. The fourth-order valence-corrected chi connectivity index (χ4v) is 2.38. The number of halogens is 1. The quantitative estimate of drug-likeness (QED) is 0.462. The number of hydrogen-bond donors (Lipinski definition) is 0. The van der Waals surface area contributed by atoms with Crippen LogP contribution in [0.1, 0.15) is 13.8 Å². The molecule has 0 aliphatic heterocycles. The monoisotopic (exact) mass is 248 g/mol. The van der Waals surface area contributed by atoms with Gasteiger partial charge in [0, 0.05) is 11.8 Å². The summed E-state index contributed by atoms with van der Waals surface area (Å²) in [4.78, 5) is 8.44. The Bertz CT molecular complexity index is 305. The van der Waals surface area contributed by atoms with Crippen molar-refractivity contribution in [3.05, 3.63) is 11.2 Å². The second kappa shape index (κ2) is 5.83. The Labute approximate surface area is 98.2 Å². The highest BCUT2D eigenvalue weighted by molar-refractivity contribution is 7.99. The lowest BCUT2D eigenvalue weighted by molar-refractivity contribution is 0.748. The minimum atomic E-state index is 0.524. The lowest BCUT2D eigenvalue weighted by atomic mass is 10.3. The summed E-state index contributed by atoms with van der Waals surface area (Å²) < 4.78 is 0. The highest BCUT2D eigenvalue weighted by Gasteiger charge is 2.03. The van der Waals surface area contributed by atoms with Crippen LogP contribution in [0.3, 0.4) is 0 Å². The first-order chi connectivity index (χ1) is 6.61. The molecule has 0 amide bonds. The first kappa shape index (κ1) is 12.1. The van der Waals surface area contributed by atoms with Crippen LogP contribution in [0.25, 0.3) is 0 Å². The minimum Gasteiger partial charge on any atom is -0.216 e. The van der Waals surface area contributed by atoms with Crippen LogP contribution >= 0.6 is 35.1 Å². The average Bonchev–Trinajstić information content (AvgIpc) is 2.14. The molecule has 0 spiro atoms. The van der Waals surface area contributed by atoms with E-state index >= 15 is 0 Å². The van der Waals surface area contributed by atoms with Gasteiger partial charge in [-0.2, -0.15) is 0 Å². The molecule has 0 fully saturated rings. The first-order valence-electron chi connectivity index (χ1n) is 4.33. The lowest BCUT2D eigenvalue weighted by Gasteiger charge is -2.04. The summed E-state index contributed by atoms with van der Waals surface area (Å²) >= 11 is 9.10. The van der Waals surface area contributed by atoms with Gasteiger partial charge in [-0.15, -0.1) is 11.8 Å². The number of thioether (sulfide) groups is 2. The van der Waals surface area contributed by atoms with E-state index < -0.39 is 0 Å². The van der Waals surface area contributed by atoms with Gasteiger partial charge in [0.2, 0.25) is 0 Å². The van der Waals surface area contributed by atoms with Crippen LogP contribution in [0.4, 0.5) is 0 Å². The van der Waals surface area contributed by atoms with Gasteiger partial charge in [-0.1, -0.05) is 37.2 Å². The molecule has 0 atom stereocenters. The van der Waals surface area contributed by atoms with Crippen LogP contribution in [0.5, 0.6) is 0 Å². The van der Waals surface area contributed by atoms with Gasteiger partial charge in [0.05, 0.1) is 0 Å². The Morgan fingerprint density at radius 1 is 1.43 bits per heavy atom. The fraction of sp³-hybridized carbons (Fsp3) is 0.556. The molecule has 1 aromatic heterocycles. The van der Waals surface area contributed by atoms with Gasteiger partial charge in [0.15, 0.2) is 5.16 Å². The lowest BCUT2D eigenvalue weighted by Crippen LogP contribution is -1.94. The van der Waals surface area contributed by atoms with E-state index in [-0.39, 0.29) is 0 Å². The predicted octanol–water partition coefficient (Wildman–Crippen LogP) is 3.60. The molecule has 1 aromatic rings. The number of nitrogens with zero attached hydrogens (tertiary/aromatic N) is 2. The zero-order valence-corrected chi connectivity index (χ0v) is 10.8. The largest absolute Gasteiger partial charge is 0.216 e.